The van der Waals surface area contributed by atoms with Crippen LogP contribution < -0.4 is 5.32 Å². The van der Waals surface area contributed by atoms with Crippen molar-refractivity contribution in [1.29, 1.82) is 0 Å². The predicted octanol–water partition coefficient (Wildman–Crippen LogP) is 5.18. The Balaban J connectivity index is 2.13. The minimum atomic E-state index is 0.557. The molecule has 0 heterocycles. The van der Waals surface area contributed by atoms with E-state index in [0.717, 1.165) is 22.5 Å². The summed E-state index contributed by atoms with van der Waals surface area (Å²) in [7, 11) is 0. The Hall–Kier alpha value is 0.0400. The van der Waals surface area contributed by atoms with E-state index in [0.29, 0.717) is 6.04 Å². The van der Waals surface area contributed by atoms with Gasteiger partial charge in [0.05, 0.1) is 10.7 Å². The number of benzene rings is 1. The average molecular weight is 364 g/mol. The molecule has 1 aliphatic rings. The number of anilines is 1. The molecule has 0 aliphatic heterocycles. The van der Waals surface area contributed by atoms with Crippen molar-refractivity contribution in [2.45, 2.75) is 39.2 Å². The van der Waals surface area contributed by atoms with Gasteiger partial charge in [0.15, 0.2) is 0 Å². The van der Waals surface area contributed by atoms with Crippen molar-refractivity contribution in [3.05, 3.63) is 26.8 Å². The number of nitrogens with one attached hydrogen (secondary N) is 1. The van der Waals surface area contributed by atoms with Crippen LogP contribution in [0.15, 0.2) is 18.2 Å². The molecule has 1 aromatic carbocycles. The van der Waals surface area contributed by atoms with E-state index in [1.165, 1.54) is 22.8 Å². The van der Waals surface area contributed by atoms with Crippen molar-refractivity contribution in [2.24, 2.45) is 11.8 Å². The van der Waals surface area contributed by atoms with Crippen LogP contribution in [0.25, 0.3) is 0 Å². The Labute approximate surface area is 122 Å². The summed E-state index contributed by atoms with van der Waals surface area (Å²) in [5, 5.41) is 4.48. The van der Waals surface area contributed by atoms with Crippen molar-refractivity contribution in [2.75, 3.05) is 5.32 Å². The van der Waals surface area contributed by atoms with Gasteiger partial charge in [-0.2, -0.15) is 0 Å². The van der Waals surface area contributed by atoms with E-state index in [1.807, 2.05) is 6.07 Å². The molecule has 0 amide bonds. The number of halogens is 2. The van der Waals surface area contributed by atoms with Gasteiger partial charge in [0, 0.05) is 9.61 Å². The third kappa shape index (κ3) is 3.28. The zero-order valence-electron chi connectivity index (χ0n) is 10.3. The summed E-state index contributed by atoms with van der Waals surface area (Å²) in [6.45, 7) is 4.68. The van der Waals surface area contributed by atoms with Crippen molar-refractivity contribution in [1.82, 2.24) is 0 Å². The van der Waals surface area contributed by atoms with E-state index in [1.54, 1.807) is 0 Å². The van der Waals surface area contributed by atoms with Crippen molar-refractivity contribution >= 4 is 39.9 Å². The first kappa shape index (κ1) is 13.5. The molecule has 3 heteroatoms. The molecular weight excluding hydrogens is 345 g/mol. The highest BCUT2D eigenvalue weighted by Gasteiger charge is 2.27. The summed E-state index contributed by atoms with van der Waals surface area (Å²) >= 11 is 8.57. The fraction of sp³-hybridized carbons (Fsp3) is 0.571. The topological polar surface area (TPSA) is 12.0 Å². The van der Waals surface area contributed by atoms with E-state index in [-0.39, 0.29) is 0 Å². The summed E-state index contributed by atoms with van der Waals surface area (Å²) in [6, 6.07) is 6.77. The van der Waals surface area contributed by atoms with Gasteiger partial charge in [-0.1, -0.05) is 31.9 Å². The van der Waals surface area contributed by atoms with Gasteiger partial charge >= 0.3 is 0 Å². The largest absolute Gasteiger partial charge is 0.381 e. The maximum atomic E-state index is 6.28. The molecule has 0 radical (unpaired) electrons. The predicted molar refractivity (Wildman–Crippen MR) is 83.8 cm³/mol. The first-order valence-corrected chi connectivity index (χ1v) is 7.75. The highest BCUT2D eigenvalue weighted by Crippen LogP contribution is 2.33. The van der Waals surface area contributed by atoms with Crippen LogP contribution in [0.3, 0.4) is 0 Å². The standard InChI is InChI=1S/C14H19ClIN/c1-9-4-3-5-10(2)14(9)17-13-7-6-11(16)8-12(13)15/h6-10,14,17H,3-5H2,1-2H3. The third-order valence-electron chi connectivity index (χ3n) is 3.80. The van der Waals surface area contributed by atoms with Crippen molar-refractivity contribution < 1.29 is 0 Å². The molecule has 1 saturated carbocycles. The van der Waals surface area contributed by atoms with Crippen LogP contribution in [0.2, 0.25) is 5.02 Å². The van der Waals surface area contributed by atoms with Crippen LogP contribution in [-0.4, -0.2) is 6.04 Å². The minimum absolute atomic E-state index is 0.557. The van der Waals surface area contributed by atoms with Gasteiger partial charge in [0.1, 0.15) is 0 Å². The first-order chi connectivity index (χ1) is 8.08. The SMILES string of the molecule is CC1CCCC(C)C1Nc1ccc(I)cc1Cl. The highest BCUT2D eigenvalue weighted by molar-refractivity contribution is 14.1. The zero-order valence-corrected chi connectivity index (χ0v) is 13.3. The lowest BCUT2D eigenvalue weighted by Crippen LogP contribution is -2.37. The lowest BCUT2D eigenvalue weighted by Gasteiger charge is -2.36. The molecule has 1 aromatic rings. The monoisotopic (exact) mass is 363 g/mol. The van der Waals surface area contributed by atoms with E-state index in [9.17, 15) is 0 Å². The van der Waals surface area contributed by atoms with Crippen LogP contribution in [-0.2, 0) is 0 Å². The maximum Gasteiger partial charge on any atom is 0.0648 e. The van der Waals surface area contributed by atoms with E-state index in [2.05, 4.69) is 53.9 Å². The second-order valence-electron chi connectivity index (χ2n) is 5.18. The van der Waals surface area contributed by atoms with E-state index >= 15 is 0 Å². The molecule has 1 fully saturated rings. The molecule has 0 saturated heterocycles. The molecule has 0 bridgehead atoms. The fourth-order valence-corrected chi connectivity index (χ4v) is 3.66. The number of hydrogen-bond donors (Lipinski definition) is 1. The normalized spacial score (nSPS) is 29.1. The first-order valence-electron chi connectivity index (χ1n) is 6.29. The van der Waals surface area contributed by atoms with Gasteiger partial charge < -0.3 is 5.32 Å². The van der Waals surface area contributed by atoms with Crippen LogP contribution in [0.5, 0.6) is 0 Å². The fourth-order valence-electron chi connectivity index (χ4n) is 2.75. The quantitative estimate of drug-likeness (QED) is 0.714. The molecule has 0 aromatic heterocycles. The van der Waals surface area contributed by atoms with Crippen LogP contribution in [0, 0.1) is 15.4 Å². The lowest BCUT2D eigenvalue weighted by molar-refractivity contribution is 0.268. The summed E-state index contributed by atoms with van der Waals surface area (Å²) in [5.74, 6) is 1.46. The molecule has 2 atom stereocenters. The van der Waals surface area contributed by atoms with Gasteiger partial charge in [-0.3, -0.25) is 0 Å². The molecule has 2 unspecified atom stereocenters. The minimum Gasteiger partial charge on any atom is -0.381 e. The molecule has 0 spiro atoms. The van der Waals surface area contributed by atoms with Gasteiger partial charge in [0.25, 0.3) is 0 Å². The van der Waals surface area contributed by atoms with Crippen molar-refractivity contribution in [3.8, 4) is 0 Å². The lowest BCUT2D eigenvalue weighted by atomic mass is 9.78. The van der Waals surface area contributed by atoms with Crippen LogP contribution in [0.4, 0.5) is 5.69 Å². The Morgan fingerprint density at radius 3 is 2.47 bits per heavy atom. The van der Waals surface area contributed by atoms with E-state index < -0.39 is 0 Å². The van der Waals surface area contributed by atoms with Crippen LogP contribution in [0.1, 0.15) is 33.1 Å². The summed E-state index contributed by atoms with van der Waals surface area (Å²) in [6.07, 6.45) is 4.01. The van der Waals surface area contributed by atoms with E-state index in [4.69, 9.17) is 11.6 Å². The Morgan fingerprint density at radius 1 is 1.24 bits per heavy atom. The summed E-state index contributed by atoms with van der Waals surface area (Å²) < 4.78 is 1.18. The molecule has 1 aliphatic carbocycles. The van der Waals surface area contributed by atoms with Gasteiger partial charge in [-0.05, 0) is 65.5 Å². The number of hydrogen-bond acceptors (Lipinski definition) is 1. The second-order valence-corrected chi connectivity index (χ2v) is 6.83. The maximum absolute atomic E-state index is 6.28. The summed E-state index contributed by atoms with van der Waals surface area (Å²) in [4.78, 5) is 0. The van der Waals surface area contributed by atoms with Gasteiger partial charge in [0.2, 0.25) is 0 Å². The molecule has 17 heavy (non-hydrogen) atoms. The third-order valence-corrected chi connectivity index (χ3v) is 4.78. The molecular formula is C14H19ClIN. The Bertz CT molecular complexity index is 384. The molecule has 2 rings (SSSR count). The number of rotatable bonds is 2. The van der Waals surface area contributed by atoms with Crippen LogP contribution >= 0.6 is 34.2 Å². The zero-order chi connectivity index (χ0) is 12.4. The average Bonchev–Trinajstić information content (AvgIpc) is 2.26. The van der Waals surface area contributed by atoms with Crippen molar-refractivity contribution in [3.63, 3.8) is 0 Å². The van der Waals surface area contributed by atoms with Gasteiger partial charge in [-0.25, -0.2) is 0 Å². The molecule has 1 nitrogen and oxygen atoms in total. The highest BCUT2D eigenvalue weighted by atomic mass is 127. The van der Waals surface area contributed by atoms with Gasteiger partial charge in [-0.15, -0.1) is 0 Å². The smallest absolute Gasteiger partial charge is 0.0648 e. The second kappa shape index (κ2) is 5.79. The molecule has 1 N–H and O–H groups in total. The Morgan fingerprint density at radius 2 is 1.88 bits per heavy atom. The molecule has 94 valence electrons. The summed E-state index contributed by atoms with van der Waals surface area (Å²) in [5.41, 5.74) is 1.08. The Kier molecular flexibility index (Phi) is 4.59.